The van der Waals surface area contributed by atoms with E-state index in [0.29, 0.717) is 10.6 Å². The molecule has 0 aliphatic carbocycles. The third kappa shape index (κ3) is 3.00. The second-order valence-electron chi connectivity index (χ2n) is 4.19. The Kier molecular flexibility index (Phi) is 4.10. The zero-order chi connectivity index (χ0) is 14.7. The van der Waals surface area contributed by atoms with Crippen molar-refractivity contribution in [2.24, 2.45) is 0 Å². The molecule has 6 heteroatoms. The lowest BCUT2D eigenvalue weighted by Gasteiger charge is -2.12. The molecule has 0 amide bonds. The van der Waals surface area contributed by atoms with Crippen LogP contribution in [0.25, 0.3) is 0 Å². The van der Waals surface area contributed by atoms with E-state index in [-0.39, 0.29) is 17.9 Å². The van der Waals surface area contributed by atoms with Gasteiger partial charge in [0.25, 0.3) is 0 Å². The van der Waals surface area contributed by atoms with Crippen LogP contribution in [0.5, 0.6) is 0 Å². The fourth-order valence-electron chi connectivity index (χ4n) is 1.89. The molecular formula is C14H11ClO5. The Balaban J connectivity index is 2.28. The third-order valence-corrected chi connectivity index (χ3v) is 3.20. The number of hydrogen-bond donors (Lipinski definition) is 2. The van der Waals surface area contributed by atoms with E-state index in [1.165, 1.54) is 12.1 Å². The van der Waals surface area contributed by atoms with E-state index in [1.807, 2.05) is 0 Å². The number of benzene rings is 1. The van der Waals surface area contributed by atoms with Crippen molar-refractivity contribution in [3.05, 3.63) is 58.5 Å². The van der Waals surface area contributed by atoms with E-state index in [9.17, 15) is 14.7 Å². The molecule has 104 valence electrons. The predicted octanol–water partition coefficient (Wildman–Crippen LogP) is 3.04. The van der Waals surface area contributed by atoms with Crippen LogP contribution in [0.15, 0.2) is 40.8 Å². The Labute approximate surface area is 119 Å². The van der Waals surface area contributed by atoms with E-state index in [0.717, 1.165) is 0 Å². The maximum absolute atomic E-state index is 11.4. The van der Waals surface area contributed by atoms with E-state index in [4.69, 9.17) is 21.1 Å². The lowest BCUT2D eigenvalue weighted by atomic mass is 9.95. The summed E-state index contributed by atoms with van der Waals surface area (Å²) in [5, 5.41) is 18.4. The van der Waals surface area contributed by atoms with Crippen LogP contribution in [0.4, 0.5) is 0 Å². The summed E-state index contributed by atoms with van der Waals surface area (Å²) < 4.78 is 5.08. The molecule has 0 bridgehead atoms. The number of rotatable bonds is 5. The topological polar surface area (TPSA) is 87.7 Å². The van der Waals surface area contributed by atoms with Crippen molar-refractivity contribution in [3.8, 4) is 0 Å². The Morgan fingerprint density at radius 1 is 1.15 bits per heavy atom. The average molecular weight is 295 g/mol. The highest BCUT2D eigenvalue weighted by molar-refractivity contribution is 6.31. The van der Waals surface area contributed by atoms with Gasteiger partial charge < -0.3 is 14.6 Å². The summed E-state index contributed by atoms with van der Waals surface area (Å²) in [6.07, 6.45) is 0.0341. The Bertz CT molecular complexity index is 647. The number of carboxylic acid groups (broad SMARTS) is 2. The molecular weight excluding hydrogens is 284 g/mol. The first-order valence-electron chi connectivity index (χ1n) is 5.78. The molecule has 1 aromatic carbocycles. The van der Waals surface area contributed by atoms with Crippen LogP contribution in [0.2, 0.25) is 5.02 Å². The first kappa shape index (κ1) is 14.1. The van der Waals surface area contributed by atoms with Crippen molar-refractivity contribution in [1.29, 1.82) is 0 Å². The van der Waals surface area contributed by atoms with Gasteiger partial charge in [0, 0.05) is 11.4 Å². The fourth-order valence-corrected chi connectivity index (χ4v) is 2.16. The zero-order valence-corrected chi connectivity index (χ0v) is 11.0. The van der Waals surface area contributed by atoms with Crippen LogP contribution in [0.3, 0.4) is 0 Å². The molecule has 2 aromatic rings. The molecule has 20 heavy (non-hydrogen) atoms. The number of carbonyl (C=O) groups is 2. The Morgan fingerprint density at radius 2 is 1.85 bits per heavy atom. The number of aromatic carboxylic acids is 1. The zero-order valence-electron chi connectivity index (χ0n) is 10.2. The van der Waals surface area contributed by atoms with Crippen LogP contribution < -0.4 is 0 Å². The van der Waals surface area contributed by atoms with E-state index >= 15 is 0 Å². The maximum Gasteiger partial charge on any atom is 0.371 e. The highest BCUT2D eigenvalue weighted by atomic mass is 35.5. The molecule has 1 unspecified atom stereocenters. The first-order chi connectivity index (χ1) is 9.49. The second kappa shape index (κ2) is 5.79. The maximum atomic E-state index is 11.4. The third-order valence-electron chi connectivity index (χ3n) is 2.86. The molecule has 2 rings (SSSR count). The summed E-state index contributed by atoms with van der Waals surface area (Å²) in [6.45, 7) is 0. The second-order valence-corrected chi connectivity index (χ2v) is 4.59. The molecule has 0 saturated carbocycles. The molecule has 1 aromatic heterocycles. The van der Waals surface area contributed by atoms with E-state index < -0.39 is 17.9 Å². The molecule has 0 fully saturated rings. The number of furan rings is 1. The summed E-state index contributed by atoms with van der Waals surface area (Å²) in [5.74, 6) is -3.07. The van der Waals surface area contributed by atoms with Crippen LogP contribution >= 0.6 is 11.6 Å². The number of aliphatic carboxylic acids is 1. The van der Waals surface area contributed by atoms with Crippen LogP contribution in [0.1, 0.15) is 27.8 Å². The molecule has 2 N–H and O–H groups in total. The SMILES string of the molecule is O=C(O)c1ccc(CC(C(=O)O)c2ccccc2Cl)o1. The van der Waals surface area contributed by atoms with Crippen molar-refractivity contribution in [3.63, 3.8) is 0 Å². The van der Waals surface area contributed by atoms with Crippen molar-refractivity contribution >= 4 is 23.5 Å². The molecule has 0 saturated heterocycles. The van der Waals surface area contributed by atoms with Crippen molar-refractivity contribution in [1.82, 2.24) is 0 Å². The largest absolute Gasteiger partial charge is 0.481 e. The molecule has 1 heterocycles. The number of hydrogen-bond acceptors (Lipinski definition) is 3. The molecule has 1 atom stereocenters. The molecule has 0 spiro atoms. The normalized spacial score (nSPS) is 12.1. The summed E-state index contributed by atoms with van der Waals surface area (Å²) >= 11 is 6.00. The summed E-state index contributed by atoms with van der Waals surface area (Å²) in [7, 11) is 0. The summed E-state index contributed by atoms with van der Waals surface area (Å²) in [4.78, 5) is 22.1. The Hall–Kier alpha value is -2.27. The van der Waals surface area contributed by atoms with Crippen LogP contribution in [-0.4, -0.2) is 22.2 Å². The van der Waals surface area contributed by atoms with E-state index in [2.05, 4.69) is 0 Å². The molecule has 5 nitrogen and oxygen atoms in total. The number of halogens is 1. The average Bonchev–Trinajstić information content (AvgIpc) is 2.85. The fraction of sp³-hybridized carbons (Fsp3) is 0.143. The highest BCUT2D eigenvalue weighted by Gasteiger charge is 2.24. The van der Waals surface area contributed by atoms with Gasteiger partial charge >= 0.3 is 11.9 Å². The lowest BCUT2D eigenvalue weighted by molar-refractivity contribution is -0.138. The first-order valence-corrected chi connectivity index (χ1v) is 6.16. The molecule has 0 aliphatic rings. The van der Waals surface area contributed by atoms with Crippen molar-refractivity contribution in [2.75, 3.05) is 0 Å². The van der Waals surface area contributed by atoms with Gasteiger partial charge in [0.05, 0.1) is 5.92 Å². The smallest absolute Gasteiger partial charge is 0.371 e. The van der Waals surface area contributed by atoms with Crippen molar-refractivity contribution < 1.29 is 24.2 Å². The minimum absolute atomic E-state index is 0.0341. The van der Waals surface area contributed by atoms with Crippen LogP contribution in [-0.2, 0) is 11.2 Å². The van der Waals surface area contributed by atoms with Gasteiger partial charge in [0.15, 0.2) is 0 Å². The lowest BCUT2D eigenvalue weighted by Crippen LogP contribution is -2.14. The van der Waals surface area contributed by atoms with Gasteiger partial charge in [-0.1, -0.05) is 29.8 Å². The van der Waals surface area contributed by atoms with Gasteiger partial charge in [0.2, 0.25) is 5.76 Å². The van der Waals surface area contributed by atoms with Crippen LogP contribution in [0, 0.1) is 0 Å². The monoisotopic (exact) mass is 294 g/mol. The summed E-state index contributed by atoms with van der Waals surface area (Å²) in [6, 6.07) is 9.39. The molecule has 0 radical (unpaired) electrons. The standard InChI is InChI=1S/C14H11ClO5/c15-11-4-2-1-3-9(11)10(13(16)17)7-8-5-6-12(20-8)14(18)19/h1-6,10H,7H2,(H,16,17)(H,18,19). The minimum atomic E-state index is -1.19. The van der Waals surface area contributed by atoms with Crippen molar-refractivity contribution in [2.45, 2.75) is 12.3 Å². The Morgan fingerprint density at radius 3 is 2.40 bits per heavy atom. The number of carboxylic acids is 2. The quantitative estimate of drug-likeness (QED) is 0.885. The highest BCUT2D eigenvalue weighted by Crippen LogP contribution is 2.28. The van der Waals surface area contributed by atoms with Gasteiger partial charge in [-0.05, 0) is 23.8 Å². The van der Waals surface area contributed by atoms with Gasteiger partial charge in [-0.2, -0.15) is 0 Å². The van der Waals surface area contributed by atoms with Gasteiger partial charge in [-0.25, -0.2) is 4.79 Å². The van der Waals surface area contributed by atoms with Gasteiger partial charge in [-0.3, -0.25) is 4.79 Å². The molecule has 0 aliphatic heterocycles. The van der Waals surface area contributed by atoms with Gasteiger partial charge in [0.1, 0.15) is 5.76 Å². The summed E-state index contributed by atoms with van der Waals surface area (Å²) in [5.41, 5.74) is 0.468. The predicted molar refractivity (Wildman–Crippen MR) is 71.2 cm³/mol. The minimum Gasteiger partial charge on any atom is -0.481 e. The van der Waals surface area contributed by atoms with E-state index in [1.54, 1.807) is 24.3 Å². The van der Waals surface area contributed by atoms with Gasteiger partial charge in [-0.15, -0.1) is 0 Å².